The molecule has 0 radical (unpaired) electrons. The number of carbonyl (C=O) groups excluding carboxylic acids is 2. The van der Waals surface area contributed by atoms with Crippen molar-refractivity contribution >= 4 is 11.7 Å². The molecular weight excluding hydrogens is 202 g/mol. The van der Waals surface area contributed by atoms with Crippen molar-refractivity contribution in [2.45, 2.75) is 40.5 Å². The van der Waals surface area contributed by atoms with Crippen LogP contribution in [-0.2, 0) is 9.59 Å². The average molecular weight is 223 g/mol. The van der Waals surface area contributed by atoms with E-state index in [0.29, 0.717) is 31.7 Å². The Morgan fingerprint density at radius 1 is 1.12 bits per heavy atom. The third-order valence-corrected chi connectivity index (χ3v) is 4.90. The van der Waals surface area contributed by atoms with Crippen LogP contribution >= 0.6 is 0 Å². The van der Waals surface area contributed by atoms with Crippen molar-refractivity contribution in [1.82, 2.24) is 4.90 Å². The van der Waals surface area contributed by atoms with E-state index in [-0.39, 0.29) is 22.7 Å². The highest BCUT2D eigenvalue weighted by atomic mass is 16.2. The van der Waals surface area contributed by atoms with Crippen molar-refractivity contribution in [3.63, 3.8) is 0 Å². The summed E-state index contributed by atoms with van der Waals surface area (Å²) in [7, 11) is 0. The largest absolute Gasteiger partial charge is 0.342 e. The van der Waals surface area contributed by atoms with Crippen LogP contribution in [0.1, 0.15) is 40.5 Å². The lowest BCUT2D eigenvalue weighted by atomic mass is 10.0. The van der Waals surface area contributed by atoms with Gasteiger partial charge in [-0.15, -0.1) is 0 Å². The molecule has 1 heterocycles. The van der Waals surface area contributed by atoms with Gasteiger partial charge in [0, 0.05) is 31.8 Å². The van der Waals surface area contributed by atoms with Crippen LogP contribution in [0, 0.1) is 16.7 Å². The van der Waals surface area contributed by atoms with E-state index in [1.165, 1.54) is 0 Å². The molecular formula is C13H21NO2. The normalized spacial score (nSPS) is 28.0. The summed E-state index contributed by atoms with van der Waals surface area (Å²) in [4.78, 5) is 25.3. The van der Waals surface area contributed by atoms with Crippen LogP contribution in [0.4, 0.5) is 0 Å². The lowest BCUT2D eigenvalue weighted by molar-refractivity contribution is -0.136. The molecule has 1 amide bonds. The smallest absolute Gasteiger partial charge is 0.226 e. The second kappa shape index (κ2) is 3.31. The van der Waals surface area contributed by atoms with Crippen LogP contribution in [0.2, 0.25) is 0 Å². The van der Waals surface area contributed by atoms with Crippen LogP contribution < -0.4 is 0 Å². The van der Waals surface area contributed by atoms with E-state index in [1.807, 2.05) is 4.90 Å². The molecule has 0 bridgehead atoms. The molecule has 3 heteroatoms. The third kappa shape index (κ3) is 1.48. The van der Waals surface area contributed by atoms with E-state index in [2.05, 4.69) is 27.7 Å². The minimum atomic E-state index is 0.103. The minimum absolute atomic E-state index is 0.103. The Bertz CT molecular complexity index is 320. The lowest BCUT2D eigenvalue weighted by Crippen LogP contribution is -2.40. The maximum atomic E-state index is 12.3. The highest BCUT2D eigenvalue weighted by Gasteiger charge is 2.68. The van der Waals surface area contributed by atoms with Gasteiger partial charge in [-0.1, -0.05) is 27.7 Å². The molecule has 1 aliphatic heterocycles. The number of Topliss-reactive ketones (excluding diaryl/α,β-unsaturated/α-hetero) is 1. The second-order valence-electron chi connectivity index (χ2n) is 6.24. The summed E-state index contributed by atoms with van der Waals surface area (Å²) in [5, 5.41) is 0. The number of nitrogens with zero attached hydrogens (tertiary/aromatic N) is 1. The Morgan fingerprint density at radius 3 is 1.94 bits per heavy atom. The third-order valence-electron chi connectivity index (χ3n) is 4.90. The number of rotatable bonds is 1. The average Bonchev–Trinajstić information content (AvgIpc) is 2.57. The second-order valence-corrected chi connectivity index (χ2v) is 6.24. The fourth-order valence-electron chi connectivity index (χ4n) is 2.97. The quantitative estimate of drug-likeness (QED) is 0.680. The zero-order valence-corrected chi connectivity index (χ0v) is 10.7. The molecule has 0 unspecified atom stereocenters. The molecule has 0 atom stereocenters. The van der Waals surface area contributed by atoms with E-state index < -0.39 is 0 Å². The number of amides is 1. The highest BCUT2D eigenvalue weighted by molar-refractivity contribution is 5.87. The fraction of sp³-hybridized carbons (Fsp3) is 0.846. The predicted molar refractivity (Wildman–Crippen MR) is 61.9 cm³/mol. The number of carbonyl (C=O) groups is 2. The van der Waals surface area contributed by atoms with Gasteiger partial charge in [0.2, 0.25) is 5.91 Å². The van der Waals surface area contributed by atoms with Gasteiger partial charge in [0.25, 0.3) is 0 Å². The summed E-state index contributed by atoms with van der Waals surface area (Å²) in [6, 6.07) is 0. The monoisotopic (exact) mass is 223 g/mol. The number of ketones is 1. The molecule has 2 fully saturated rings. The molecule has 2 rings (SSSR count). The Labute approximate surface area is 97.2 Å². The van der Waals surface area contributed by atoms with E-state index in [0.717, 1.165) is 0 Å². The van der Waals surface area contributed by atoms with Gasteiger partial charge in [-0.25, -0.2) is 0 Å². The number of piperidine rings is 1. The Kier molecular flexibility index (Phi) is 2.41. The number of likely N-dealkylation sites (tertiary alicyclic amines) is 1. The standard InChI is InChI=1S/C13H21NO2/c1-12(2)10(13(12,3)4)11(16)14-7-5-9(15)6-8-14/h10H,5-8H2,1-4H3. The van der Waals surface area contributed by atoms with Gasteiger partial charge in [0.05, 0.1) is 0 Å². The van der Waals surface area contributed by atoms with Crippen LogP contribution in [0.25, 0.3) is 0 Å². The van der Waals surface area contributed by atoms with Crippen molar-refractivity contribution in [3.05, 3.63) is 0 Å². The SMILES string of the molecule is CC1(C)C(C(=O)N2CCC(=O)CC2)C1(C)C. The summed E-state index contributed by atoms with van der Waals surface area (Å²) in [6.07, 6.45) is 1.08. The first kappa shape index (κ1) is 11.6. The van der Waals surface area contributed by atoms with Crippen LogP contribution in [0.5, 0.6) is 0 Å². The van der Waals surface area contributed by atoms with Crippen LogP contribution in [-0.4, -0.2) is 29.7 Å². The molecule has 16 heavy (non-hydrogen) atoms. The van der Waals surface area contributed by atoms with Crippen molar-refractivity contribution in [1.29, 1.82) is 0 Å². The molecule has 3 nitrogen and oxygen atoms in total. The summed E-state index contributed by atoms with van der Waals surface area (Å²) < 4.78 is 0. The predicted octanol–water partition coefficient (Wildman–Crippen LogP) is 1.86. The molecule has 2 aliphatic rings. The van der Waals surface area contributed by atoms with E-state index in [1.54, 1.807) is 0 Å². The van der Waals surface area contributed by atoms with Gasteiger partial charge < -0.3 is 4.90 Å². The number of hydrogen-bond acceptors (Lipinski definition) is 2. The molecule has 1 aliphatic carbocycles. The molecule has 1 saturated carbocycles. The Hall–Kier alpha value is -0.860. The van der Waals surface area contributed by atoms with Crippen LogP contribution in [0.3, 0.4) is 0 Å². The van der Waals surface area contributed by atoms with Gasteiger partial charge >= 0.3 is 0 Å². The molecule has 0 aromatic carbocycles. The fourth-order valence-corrected chi connectivity index (χ4v) is 2.97. The Balaban J connectivity index is 2.03. The minimum Gasteiger partial charge on any atom is -0.342 e. The lowest BCUT2D eigenvalue weighted by Gasteiger charge is -2.27. The molecule has 1 saturated heterocycles. The van der Waals surface area contributed by atoms with Gasteiger partial charge in [-0.2, -0.15) is 0 Å². The molecule has 90 valence electrons. The maximum Gasteiger partial charge on any atom is 0.226 e. The first-order chi connectivity index (χ1) is 7.28. The molecule has 0 aromatic heterocycles. The zero-order valence-electron chi connectivity index (χ0n) is 10.7. The van der Waals surface area contributed by atoms with Crippen molar-refractivity contribution in [2.24, 2.45) is 16.7 Å². The maximum absolute atomic E-state index is 12.3. The van der Waals surface area contributed by atoms with Crippen molar-refractivity contribution < 1.29 is 9.59 Å². The topological polar surface area (TPSA) is 37.4 Å². The van der Waals surface area contributed by atoms with Gasteiger partial charge in [0.1, 0.15) is 5.78 Å². The summed E-state index contributed by atoms with van der Waals surface area (Å²) in [5.74, 6) is 0.675. The van der Waals surface area contributed by atoms with Crippen LogP contribution in [0.15, 0.2) is 0 Å². The molecule has 0 aromatic rings. The van der Waals surface area contributed by atoms with Crippen molar-refractivity contribution in [2.75, 3.05) is 13.1 Å². The first-order valence-corrected chi connectivity index (χ1v) is 6.09. The van der Waals surface area contributed by atoms with Gasteiger partial charge in [-0.05, 0) is 10.8 Å². The molecule has 0 spiro atoms. The molecule has 0 N–H and O–H groups in total. The van der Waals surface area contributed by atoms with Gasteiger partial charge in [-0.3, -0.25) is 9.59 Å². The van der Waals surface area contributed by atoms with Crippen molar-refractivity contribution in [3.8, 4) is 0 Å². The van der Waals surface area contributed by atoms with E-state index in [4.69, 9.17) is 0 Å². The van der Waals surface area contributed by atoms with E-state index >= 15 is 0 Å². The summed E-state index contributed by atoms with van der Waals surface area (Å²) in [5.41, 5.74) is 0.205. The Morgan fingerprint density at radius 2 is 1.56 bits per heavy atom. The summed E-state index contributed by atoms with van der Waals surface area (Å²) >= 11 is 0. The zero-order chi connectivity index (χ0) is 12.1. The summed E-state index contributed by atoms with van der Waals surface area (Å²) in [6.45, 7) is 9.88. The highest BCUT2D eigenvalue weighted by Crippen LogP contribution is 2.68. The number of hydrogen-bond donors (Lipinski definition) is 0. The first-order valence-electron chi connectivity index (χ1n) is 6.09. The van der Waals surface area contributed by atoms with Gasteiger partial charge in [0.15, 0.2) is 0 Å². The van der Waals surface area contributed by atoms with E-state index in [9.17, 15) is 9.59 Å².